The van der Waals surface area contributed by atoms with Crippen molar-refractivity contribution in [1.82, 2.24) is 0 Å². The first kappa shape index (κ1) is 24.3. The summed E-state index contributed by atoms with van der Waals surface area (Å²) in [4.78, 5) is 0. The molecule has 0 unspecified atom stereocenters. The Bertz CT molecular complexity index is 59.3. The van der Waals surface area contributed by atoms with E-state index in [0.29, 0.717) is 0 Å². The van der Waals surface area contributed by atoms with Gasteiger partial charge in [-0.3, -0.25) is 0 Å². The normalized spacial score (nSPS) is 19.1. The molecule has 0 aromatic carbocycles. The molecule has 14 heavy (non-hydrogen) atoms. The van der Waals surface area contributed by atoms with E-state index in [1.165, 1.54) is 19.3 Å². The molecule has 1 rings (SSSR count). The Labute approximate surface area is 118 Å². The molecule has 1 atom stereocenters. The van der Waals surface area contributed by atoms with Gasteiger partial charge in [-0.2, -0.15) is 0 Å². The van der Waals surface area contributed by atoms with Gasteiger partial charge in [0, 0.05) is 32.7 Å². The molecule has 0 saturated carbocycles. The molecule has 0 aromatic rings. The molecule has 1 nitrogen and oxygen atoms in total. The van der Waals surface area contributed by atoms with Gasteiger partial charge in [-0.1, -0.05) is 59.8 Å². The number of rotatable bonds is 0. The SMILES string of the molecule is CC.CC.C[C@H]1CCCC[N-]C1.[CH3-].[Y]. The van der Waals surface area contributed by atoms with E-state index < -0.39 is 0 Å². The van der Waals surface area contributed by atoms with Crippen LogP contribution in [0.1, 0.15) is 53.9 Å². The van der Waals surface area contributed by atoms with Crippen LogP contribution in [0, 0.1) is 13.3 Å². The van der Waals surface area contributed by atoms with E-state index in [9.17, 15) is 0 Å². The van der Waals surface area contributed by atoms with Gasteiger partial charge in [-0.15, -0.1) is 13.1 Å². The third kappa shape index (κ3) is 18.8. The van der Waals surface area contributed by atoms with Crippen molar-refractivity contribution in [2.45, 2.75) is 53.9 Å². The van der Waals surface area contributed by atoms with Crippen LogP contribution in [0.4, 0.5) is 0 Å². The van der Waals surface area contributed by atoms with Gasteiger partial charge in [0.1, 0.15) is 0 Å². The van der Waals surface area contributed by atoms with Gasteiger partial charge in [0.25, 0.3) is 0 Å². The van der Waals surface area contributed by atoms with Gasteiger partial charge in [-0.05, 0) is 0 Å². The smallest absolute Gasteiger partial charge is 0 e. The van der Waals surface area contributed by atoms with E-state index in [4.69, 9.17) is 0 Å². The molecule has 0 bridgehead atoms. The summed E-state index contributed by atoms with van der Waals surface area (Å²) in [5.74, 6) is 0.859. The van der Waals surface area contributed by atoms with E-state index >= 15 is 0 Å². The van der Waals surface area contributed by atoms with Crippen LogP contribution >= 0.6 is 0 Å². The number of hydrogen-bond donors (Lipinski definition) is 0. The van der Waals surface area contributed by atoms with Crippen LogP contribution in [-0.4, -0.2) is 13.1 Å². The quantitative estimate of drug-likeness (QED) is 0.570. The molecule has 87 valence electrons. The van der Waals surface area contributed by atoms with E-state index in [1.807, 2.05) is 27.7 Å². The van der Waals surface area contributed by atoms with Crippen molar-refractivity contribution in [1.29, 1.82) is 0 Å². The minimum Gasteiger partial charge on any atom is -0.662 e. The summed E-state index contributed by atoms with van der Waals surface area (Å²) in [5.41, 5.74) is 0. The minimum absolute atomic E-state index is 0. The van der Waals surface area contributed by atoms with E-state index in [0.717, 1.165) is 19.0 Å². The number of hydrogen-bond acceptors (Lipinski definition) is 0. The van der Waals surface area contributed by atoms with Gasteiger partial charge in [0.2, 0.25) is 0 Å². The summed E-state index contributed by atoms with van der Waals surface area (Å²) in [7, 11) is 0. The Morgan fingerprint density at radius 3 is 2.00 bits per heavy atom. The van der Waals surface area contributed by atoms with Crippen LogP contribution in [0.15, 0.2) is 0 Å². The fourth-order valence-corrected chi connectivity index (χ4v) is 1.12. The standard InChI is InChI=1S/C7H14N.2C2H6.CH3.Y/c1-7-4-2-3-5-8-6-7;2*1-2;;/h7H,2-6H2,1H3;2*1-2H3;1H3;/q-1;;;-1;/t7-;;;;/m0..../s1. The zero-order valence-electron chi connectivity index (χ0n) is 11.1. The molecule has 0 aromatic heterocycles. The molecule has 1 radical (unpaired) electrons. The molecular formula is C12H29NY-2. The first-order valence-corrected chi connectivity index (χ1v) is 5.53. The van der Waals surface area contributed by atoms with Crippen LogP contribution in [-0.2, 0) is 32.7 Å². The maximum Gasteiger partial charge on any atom is 0 e. The second kappa shape index (κ2) is 23.7. The summed E-state index contributed by atoms with van der Waals surface area (Å²) in [6.07, 6.45) is 4.11. The first-order valence-electron chi connectivity index (χ1n) is 5.53. The van der Waals surface area contributed by atoms with Crippen molar-refractivity contribution in [2.75, 3.05) is 13.1 Å². The fourth-order valence-electron chi connectivity index (χ4n) is 1.12. The van der Waals surface area contributed by atoms with E-state index in [1.54, 1.807) is 0 Å². The fraction of sp³-hybridized carbons (Fsp3) is 0.917. The average molecular weight is 276 g/mol. The second-order valence-corrected chi connectivity index (χ2v) is 2.73. The maximum atomic E-state index is 4.35. The summed E-state index contributed by atoms with van der Waals surface area (Å²) < 4.78 is 0. The second-order valence-electron chi connectivity index (χ2n) is 2.73. The molecular weight excluding hydrogens is 247 g/mol. The Morgan fingerprint density at radius 1 is 1.00 bits per heavy atom. The Kier molecular flexibility index (Phi) is 41.2. The summed E-state index contributed by atoms with van der Waals surface area (Å²) in [5, 5.41) is 4.35. The van der Waals surface area contributed by atoms with E-state index in [2.05, 4.69) is 12.2 Å². The molecule has 0 spiro atoms. The zero-order valence-corrected chi connectivity index (χ0v) is 14.0. The van der Waals surface area contributed by atoms with Crippen LogP contribution < -0.4 is 0 Å². The Morgan fingerprint density at radius 2 is 1.50 bits per heavy atom. The Balaban J connectivity index is -0.0000000750. The van der Waals surface area contributed by atoms with Crippen molar-refractivity contribution in [2.24, 2.45) is 5.92 Å². The number of nitrogens with zero attached hydrogens (tertiary/aromatic N) is 1. The summed E-state index contributed by atoms with van der Waals surface area (Å²) in [6, 6.07) is 0. The molecule has 1 aliphatic heterocycles. The molecule has 2 heteroatoms. The van der Waals surface area contributed by atoms with Gasteiger partial charge >= 0.3 is 0 Å². The Hall–Kier alpha value is 1.06. The molecule has 1 heterocycles. The largest absolute Gasteiger partial charge is 0.662 e. The van der Waals surface area contributed by atoms with Gasteiger partial charge in [0.15, 0.2) is 0 Å². The molecule has 0 amide bonds. The molecule has 0 N–H and O–H groups in total. The van der Waals surface area contributed by atoms with Crippen LogP contribution in [0.25, 0.3) is 5.32 Å². The predicted molar refractivity (Wildman–Crippen MR) is 65.2 cm³/mol. The minimum atomic E-state index is 0. The average Bonchev–Trinajstić information content (AvgIpc) is 2.40. The van der Waals surface area contributed by atoms with Crippen molar-refractivity contribution in [3.05, 3.63) is 12.7 Å². The third-order valence-corrected chi connectivity index (χ3v) is 1.70. The maximum absolute atomic E-state index is 4.35. The first-order chi connectivity index (χ1) is 5.89. The zero-order chi connectivity index (χ0) is 9.82. The van der Waals surface area contributed by atoms with Crippen molar-refractivity contribution in [3.8, 4) is 0 Å². The predicted octanol–water partition coefficient (Wildman–Crippen LogP) is 4.68. The van der Waals surface area contributed by atoms with E-state index in [-0.39, 0.29) is 40.1 Å². The molecule has 1 saturated heterocycles. The summed E-state index contributed by atoms with van der Waals surface area (Å²) in [6.45, 7) is 12.5. The topological polar surface area (TPSA) is 14.1 Å². The van der Waals surface area contributed by atoms with Crippen LogP contribution in [0.5, 0.6) is 0 Å². The molecule has 0 aliphatic carbocycles. The van der Waals surface area contributed by atoms with Crippen LogP contribution in [0.3, 0.4) is 0 Å². The van der Waals surface area contributed by atoms with Gasteiger partial charge in [-0.25, -0.2) is 0 Å². The van der Waals surface area contributed by atoms with Crippen LogP contribution in [0.2, 0.25) is 0 Å². The van der Waals surface area contributed by atoms with Gasteiger partial charge in [0.05, 0.1) is 0 Å². The summed E-state index contributed by atoms with van der Waals surface area (Å²) >= 11 is 0. The monoisotopic (exact) mass is 276 g/mol. The van der Waals surface area contributed by atoms with Crippen molar-refractivity contribution >= 4 is 0 Å². The van der Waals surface area contributed by atoms with Gasteiger partial charge < -0.3 is 12.7 Å². The molecule has 1 fully saturated rings. The third-order valence-electron chi connectivity index (χ3n) is 1.70. The van der Waals surface area contributed by atoms with Crippen molar-refractivity contribution < 1.29 is 32.7 Å². The van der Waals surface area contributed by atoms with Crippen molar-refractivity contribution in [3.63, 3.8) is 0 Å². The molecule has 1 aliphatic rings.